The number of thiophene rings is 1. The Morgan fingerprint density at radius 1 is 1.33 bits per heavy atom. The van der Waals surface area contributed by atoms with Crippen LogP contribution in [0.4, 0.5) is 4.79 Å². The summed E-state index contributed by atoms with van der Waals surface area (Å²) in [5.74, 6) is 0.481. The minimum Gasteiger partial charge on any atom is -0.335 e. The number of imide groups is 1. The molecule has 0 unspecified atom stereocenters. The molecule has 2 N–H and O–H groups in total. The number of hydrogen-bond donors (Lipinski definition) is 2. The summed E-state index contributed by atoms with van der Waals surface area (Å²) in [7, 11) is 0. The van der Waals surface area contributed by atoms with Crippen molar-refractivity contribution in [2.24, 2.45) is 0 Å². The van der Waals surface area contributed by atoms with E-state index in [0.717, 1.165) is 36.4 Å². The average molecular weight is 408 g/mol. The quantitative estimate of drug-likeness (QED) is 0.713. The molecule has 1 aliphatic carbocycles. The molecule has 146 valence electrons. The van der Waals surface area contributed by atoms with Gasteiger partial charge in [0, 0.05) is 12.6 Å². The predicted octanol–water partition coefficient (Wildman–Crippen LogP) is 3.67. The smallest absolute Gasteiger partial charge is 0.321 e. The molecule has 2 aromatic rings. The van der Waals surface area contributed by atoms with E-state index in [9.17, 15) is 9.59 Å². The minimum atomic E-state index is -0.451. The fourth-order valence-electron chi connectivity index (χ4n) is 3.14. The fraction of sp³-hybridized carbons (Fsp3) is 0.556. The molecule has 0 saturated heterocycles. The molecule has 0 spiro atoms. The van der Waals surface area contributed by atoms with Crippen molar-refractivity contribution in [2.45, 2.75) is 68.9 Å². The largest absolute Gasteiger partial charge is 0.335 e. The Labute approximate surface area is 167 Å². The first kappa shape index (κ1) is 19.9. The van der Waals surface area contributed by atoms with Crippen molar-refractivity contribution in [1.29, 1.82) is 0 Å². The zero-order valence-corrected chi connectivity index (χ0v) is 17.2. The molecule has 2 aromatic heterocycles. The van der Waals surface area contributed by atoms with Gasteiger partial charge in [-0.05, 0) is 38.1 Å². The Morgan fingerprint density at radius 3 is 2.78 bits per heavy atom. The van der Waals surface area contributed by atoms with Crippen LogP contribution in [0.2, 0.25) is 0 Å². The van der Waals surface area contributed by atoms with Crippen LogP contribution in [0.1, 0.15) is 46.0 Å². The lowest BCUT2D eigenvalue weighted by atomic mass is 9.96. The number of carbonyl (C=O) groups excluding carboxylic acids is 2. The monoisotopic (exact) mass is 407 g/mol. The van der Waals surface area contributed by atoms with Crippen molar-refractivity contribution in [3.8, 4) is 10.7 Å². The van der Waals surface area contributed by atoms with E-state index in [2.05, 4.69) is 20.8 Å². The summed E-state index contributed by atoms with van der Waals surface area (Å²) in [5, 5.41) is 16.1. The molecule has 0 radical (unpaired) electrons. The molecular weight excluding hydrogens is 382 g/mol. The molecule has 1 atom stereocenters. The molecule has 7 nitrogen and oxygen atoms in total. The van der Waals surface area contributed by atoms with Crippen LogP contribution in [0.5, 0.6) is 0 Å². The predicted molar refractivity (Wildman–Crippen MR) is 108 cm³/mol. The van der Waals surface area contributed by atoms with Crippen LogP contribution < -0.4 is 10.6 Å². The minimum absolute atomic E-state index is 0.172. The highest BCUT2D eigenvalue weighted by Crippen LogP contribution is 2.29. The van der Waals surface area contributed by atoms with E-state index in [1.54, 1.807) is 18.3 Å². The Kier molecular flexibility index (Phi) is 6.89. The van der Waals surface area contributed by atoms with Crippen LogP contribution in [0.3, 0.4) is 0 Å². The number of hydrogen-bond acceptors (Lipinski definition) is 6. The summed E-state index contributed by atoms with van der Waals surface area (Å²) >= 11 is 2.92. The van der Waals surface area contributed by atoms with Gasteiger partial charge in [0.15, 0.2) is 11.0 Å². The van der Waals surface area contributed by atoms with E-state index < -0.39 is 11.3 Å². The number of carbonyl (C=O) groups is 2. The maximum atomic E-state index is 12.4. The van der Waals surface area contributed by atoms with Crippen molar-refractivity contribution < 1.29 is 9.59 Å². The van der Waals surface area contributed by atoms with Gasteiger partial charge < -0.3 is 9.88 Å². The summed E-state index contributed by atoms with van der Waals surface area (Å²) in [4.78, 5) is 25.5. The summed E-state index contributed by atoms with van der Waals surface area (Å²) < 4.78 is 1.99. The maximum absolute atomic E-state index is 12.4. The van der Waals surface area contributed by atoms with Crippen LogP contribution in [-0.2, 0) is 11.3 Å². The average Bonchev–Trinajstić information content (AvgIpc) is 3.31. The molecule has 1 aliphatic rings. The number of nitrogens with one attached hydrogen (secondary N) is 2. The highest BCUT2D eigenvalue weighted by Gasteiger charge is 2.23. The van der Waals surface area contributed by atoms with Crippen LogP contribution in [-0.4, -0.2) is 38.0 Å². The Hall–Kier alpha value is -1.87. The van der Waals surface area contributed by atoms with Gasteiger partial charge in [0.25, 0.3) is 0 Å². The first-order chi connectivity index (χ1) is 13.1. The van der Waals surface area contributed by atoms with Gasteiger partial charge in [0.05, 0.1) is 10.1 Å². The normalized spacial score (nSPS) is 16.1. The number of thioether (sulfide) groups is 1. The van der Waals surface area contributed by atoms with E-state index in [4.69, 9.17) is 0 Å². The second-order valence-corrected chi connectivity index (χ2v) is 8.84. The van der Waals surface area contributed by atoms with Gasteiger partial charge >= 0.3 is 6.03 Å². The van der Waals surface area contributed by atoms with Crippen LogP contribution in [0.15, 0.2) is 22.7 Å². The summed E-state index contributed by atoms with van der Waals surface area (Å²) in [6, 6.07) is 3.74. The van der Waals surface area contributed by atoms with E-state index in [0.29, 0.717) is 11.7 Å². The molecule has 9 heteroatoms. The molecule has 0 bridgehead atoms. The van der Waals surface area contributed by atoms with Gasteiger partial charge in [-0.15, -0.1) is 21.5 Å². The summed E-state index contributed by atoms with van der Waals surface area (Å²) in [6.07, 6.45) is 5.45. The lowest BCUT2D eigenvalue weighted by Crippen LogP contribution is -2.47. The van der Waals surface area contributed by atoms with Gasteiger partial charge in [-0.2, -0.15) is 0 Å². The van der Waals surface area contributed by atoms with E-state index in [-0.39, 0.29) is 11.9 Å². The molecule has 2 heterocycles. The zero-order chi connectivity index (χ0) is 19.2. The highest BCUT2D eigenvalue weighted by molar-refractivity contribution is 8.00. The molecule has 1 saturated carbocycles. The van der Waals surface area contributed by atoms with Gasteiger partial charge in [-0.3, -0.25) is 10.1 Å². The topological polar surface area (TPSA) is 88.9 Å². The van der Waals surface area contributed by atoms with E-state index in [1.165, 1.54) is 18.2 Å². The molecular formula is C18H25N5O2S2. The number of nitrogens with zero attached hydrogens (tertiary/aromatic N) is 3. The molecule has 3 rings (SSSR count). The summed E-state index contributed by atoms with van der Waals surface area (Å²) in [6.45, 7) is 4.50. The van der Waals surface area contributed by atoms with Crippen molar-refractivity contribution in [1.82, 2.24) is 25.4 Å². The molecule has 0 aliphatic heterocycles. The number of rotatable bonds is 6. The Bertz CT molecular complexity index is 769. The van der Waals surface area contributed by atoms with Crippen LogP contribution in [0, 0.1) is 0 Å². The second-order valence-electron chi connectivity index (χ2n) is 6.59. The third kappa shape index (κ3) is 5.10. The number of aromatic nitrogens is 3. The third-order valence-electron chi connectivity index (χ3n) is 4.60. The van der Waals surface area contributed by atoms with Crippen LogP contribution in [0.25, 0.3) is 10.7 Å². The number of amides is 3. The van der Waals surface area contributed by atoms with Gasteiger partial charge in [0.2, 0.25) is 5.91 Å². The SMILES string of the molecule is CCn1c(S[C@H](C)C(=O)NC(=O)NC2CCCCC2)nnc1-c1cccs1. The fourth-order valence-corrected chi connectivity index (χ4v) is 4.77. The second kappa shape index (κ2) is 9.36. The molecule has 0 aromatic carbocycles. The summed E-state index contributed by atoms with van der Waals surface area (Å²) in [5.41, 5.74) is 0. The zero-order valence-electron chi connectivity index (χ0n) is 15.6. The van der Waals surface area contributed by atoms with Crippen molar-refractivity contribution in [3.63, 3.8) is 0 Å². The lowest BCUT2D eigenvalue weighted by molar-refractivity contribution is -0.119. The van der Waals surface area contributed by atoms with Crippen LogP contribution >= 0.6 is 23.1 Å². The first-order valence-corrected chi connectivity index (χ1v) is 11.1. The number of urea groups is 1. The molecule has 3 amide bonds. The third-order valence-corrected chi connectivity index (χ3v) is 6.55. The van der Waals surface area contributed by atoms with Crippen molar-refractivity contribution in [2.75, 3.05) is 0 Å². The van der Waals surface area contributed by atoms with Crippen molar-refractivity contribution in [3.05, 3.63) is 17.5 Å². The first-order valence-electron chi connectivity index (χ1n) is 9.33. The van der Waals surface area contributed by atoms with Gasteiger partial charge in [0.1, 0.15) is 0 Å². The van der Waals surface area contributed by atoms with Gasteiger partial charge in [-0.1, -0.05) is 37.1 Å². The standard InChI is InChI=1S/C18H25N5O2S2/c1-3-23-15(14-10-7-11-26-14)21-22-18(23)27-12(2)16(24)20-17(25)19-13-8-5-4-6-9-13/h7,10-13H,3-6,8-9H2,1-2H3,(H2,19,20,24,25)/t12-/m1/s1. The Balaban J connectivity index is 1.57. The highest BCUT2D eigenvalue weighted by atomic mass is 32.2. The van der Waals surface area contributed by atoms with E-state index in [1.807, 2.05) is 29.0 Å². The molecule has 27 heavy (non-hydrogen) atoms. The lowest BCUT2D eigenvalue weighted by Gasteiger charge is -2.23. The van der Waals surface area contributed by atoms with Gasteiger partial charge in [-0.25, -0.2) is 4.79 Å². The Morgan fingerprint density at radius 2 is 2.11 bits per heavy atom. The van der Waals surface area contributed by atoms with E-state index >= 15 is 0 Å². The van der Waals surface area contributed by atoms with Crippen molar-refractivity contribution >= 4 is 35.0 Å². The molecule has 1 fully saturated rings. The maximum Gasteiger partial charge on any atom is 0.321 e.